The molecule has 0 heterocycles. The Bertz CT molecular complexity index is 1900. The van der Waals surface area contributed by atoms with Crippen molar-refractivity contribution in [2.24, 2.45) is 0 Å². The smallest absolute Gasteiger partial charge is 0.335 e. The molecule has 6 aromatic rings. The Hall–Kier alpha value is -7.13. The van der Waals surface area contributed by atoms with Gasteiger partial charge in [-0.1, -0.05) is 30.8 Å². The molecular formula is C41H30N2O7. The number of anilines is 6. The maximum absolute atomic E-state index is 11.5. The highest BCUT2D eigenvalue weighted by molar-refractivity contribution is 5.91. The average molecular weight is 663 g/mol. The Morgan fingerprint density at radius 3 is 0.740 bits per heavy atom. The van der Waals surface area contributed by atoms with Crippen LogP contribution in [0.15, 0.2) is 152 Å². The molecule has 9 heteroatoms. The van der Waals surface area contributed by atoms with E-state index in [1.165, 1.54) is 24.3 Å². The summed E-state index contributed by atoms with van der Waals surface area (Å²) in [6, 6.07) is 42.4. The van der Waals surface area contributed by atoms with E-state index < -0.39 is 17.9 Å². The van der Waals surface area contributed by atoms with Crippen molar-refractivity contribution in [2.75, 3.05) is 9.80 Å². The van der Waals surface area contributed by atoms with Crippen molar-refractivity contribution in [2.45, 2.75) is 0 Å². The number of carbonyl (C=O) groups is 3. The standard InChI is InChI=1S/C41H30N2O7/c1-26(44)27-2-14-33(15-3-27)42(36-20-8-30(9-21-36)39(45)46)34-16-4-28(5-17-34)29-6-18-35(19-7-29)43(37-22-10-31(11-23-37)40(47)48)38-24-12-32(13-25-38)41(49)50/h2-25,44H,1H2,(H,45,46)(H,47,48)(H,49,50). The van der Waals surface area contributed by atoms with E-state index in [-0.39, 0.29) is 22.4 Å². The molecule has 0 bridgehead atoms. The fourth-order valence-electron chi connectivity index (χ4n) is 5.56. The lowest BCUT2D eigenvalue weighted by Gasteiger charge is -2.26. The summed E-state index contributed by atoms with van der Waals surface area (Å²) in [5, 5.41) is 38.0. The molecule has 0 radical (unpaired) electrons. The van der Waals surface area contributed by atoms with E-state index in [0.29, 0.717) is 16.9 Å². The van der Waals surface area contributed by atoms with Gasteiger partial charge in [0.1, 0.15) is 5.76 Å². The highest BCUT2D eigenvalue weighted by Crippen LogP contribution is 2.38. The molecule has 0 saturated carbocycles. The number of benzene rings is 6. The number of aliphatic hydroxyl groups excluding tert-OH is 1. The van der Waals surface area contributed by atoms with E-state index in [1.807, 2.05) is 70.5 Å². The fraction of sp³-hybridized carbons (Fsp3) is 0. The number of rotatable bonds is 11. The largest absolute Gasteiger partial charge is 0.508 e. The van der Waals surface area contributed by atoms with Gasteiger partial charge >= 0.3 is 17.9 Å². The summed E-state index contributed by atoms with van der Waals surface area (Å²) in [4.78, 5) is 38.3. The van der Waals surface area contributed by atoms with Gasteiger partial charge in [0.05, 0.1) is 16.7 Å². The Morgan fingerprint density at radius 2 is 0.540 bits per heavy atom. The van der Waals surface area contributed by atoms with E-state index in [1.54, 1.807) is 60.7 Å². The van der Waals surface area contributed by atoms with Gasteiger partial charge in [-0.3, -0.25) is 0 Å². The van der Waals surface area contributed by atoms with Crippen LogP contribution in [0.2, 0.25) is 0 Å². The van der Waals surface area contributed by atoms with E-state index >= 15 is 0 Å². The fourth-order valence-corrected chi connectivity index (χ4v) is 5.56. The third kappa shape index (κ3) is 6.92. The molecule has 246 valence electrons. The Labute approximate surface area is 287 Å². The third-order valence-electron chi connectivity index (χ3n) is 8.16. The normalized spacial score (nSPS) is 10.6. The summed E-state index contributed by atoms with van der Waals surface area (Å²) in [5.74, 6) is -3.12. The second-order valence-electron chi connectivity index (χ2n) is 11.3. The van der Waals surface area contributed by atoms with Gasteiger partial charge < -0.3 is 30.2 Å². The van der Waals surface area contributed by atoms with Gasteiger partial charge in [0.25, 0.3) is 0 Å². The summed E-state index contributed by atoms with van der Waals surface area (Å²) in [6.45, 7) is 3.59. The minimum Gasteiger partial charge on any atom is -0.508 e. The lowest BCUT2D eigenvalue weighted by atomic mass is 10.0. The minimum atomic E-state index is -1.03. The van der Waals surface area contributed by atoms with Gasteiger partial charge in [0.15, 0.2) is 0 Å². The number of carboxylic acid groups (broad SMARTS) is 3. The zero-order valence-corrected chi connectivity index (χ0v) is 26.5. The predicted molar refractivity (Wildman–Crippen MR) is 194 cm³/mol. The summed E-state index contributed by atoms with van der Waals surface area (Å²) in [6.07, 6.45) is 0. The zero-order valence-electron chi connectivity index (χ0n) is 26.5. The number of hydrogen-bond acceptors (Lipinski definition) is 6. The van der Waals surface area contributed by atoms with Crippen molar-refractivity contribution in [1.82, 2.24) is 0 Å². The van der Waals surface area contributed by atoms with Gasteiger partial charge in [0.2, 0.25) is 0 Å². The van der Waals surface area contributed by atoms with E-state index in [4.69, 9.17) is 0 Å². The monoisotopic (exact) mass is 662 g/mol. The maximum atomic E-state index is 11.5. The minimum absolute atomic E-state index is 0.0420. The van der Waals surface area contributed by atoms with E-state index in [2.05, 4.69) is 6.58 Å². The number of aromatic carboxylic acids is 3. The molecule has 0 unspecified atom stereocenters. The van der Waals surface area contributed by atoms with Crippen molar-refractivity contribution >= 4 is 57.8 Å². The van der Waals surface area contributed by atoms with Crippen molar-refractivity contribution < 1.29 is 34.8 Å². The quantitative estimate of drug-likeness (QED) is 0.0998. The molecule has 50 heavy (non-hydrogen) atoms. The highest BCUT2D eigenvalue weighted by atomic mass is 16.4. The van der Waals surface area contributed by atoms with Gasteiger partial charge in [-0.05, 0) is 132 Å². The first-order valence-electron chi connectivity index (χ1n) is 15.4. The molecule has 0 fully saturated rings. The number of hydrogen-bond donors (Lipinski definition) is 4. The zero-order chi connectivity index (χ0) is 35.4. The van der Waals surface area contributed by atoms with Crippen LogP contribution in [0.25, 0.3) is 16.9 Å². The van der Waals surface area contributed by atoms with Crippen LogP contribution in [-0.2, 0) is 0 Å². The molecule has 0 amide bonds. The molecule has 0 atom stereocenters. The Balaban J connectivity index is 1.32. The van der Waals surface area contributed by atoms with Crippen LogP contribution in [-0.4, -0.2) is 38.3 Å². The van der Waals surface area contributed by atoms with Crippen LogP contribution < -0.4 is 9.80 Å². The first-order valence-corrected chi connectivity index (χ1v) is 15.4. The van der Waals surface area contributed by atoms with Gasteiger partial charge in [-0.15, -0.1) is 0 Å². The van der Waals surface area contributed by atoms with Crippen molar-refractivity contribution in [1.29, 1.82) is 0 Å². The average Bonchev–Trinajstić information content (AvgIpc) is 3.13. The summed E-state index contributed by atoms with van der Waals surface area (Å²) < 4.78 is 0. The van der Waals surface area contributed by atoms with Crippen LogP contribution in [0.4, 0.5) is 34.1 Å². The highest BCUT2D eigenvalue weighted by Gasteiger charge is 2.17. The molecule has 0 saturated heterocycles. The lowest BCUT2D eigenvalue weighted by molar-refractivity contribution is 0.0686. The Morgan fingerprint density at radius 1 is 0.340 bits per heavy atom. The van der Waals surface area contributed by atoms with Crippen LogP contribution in [0, 0.1) is 0 Å². The number of nitrogens with zero attached hydrogens (tertiary/aromatic N) is 2. The second-order valence-corrected chi connectivity index (χ2v) is 11.3. The third-order valence-corrected chi connectivity index (χ3v) is 8.16. The second kappa shape index (κ2) is 13.9. The molecule has 0 spiro atoms. The molecule has 6 aromatic carbocycles. The SMILES string of the molecule is C=C(O)c1ccc(N(c2ccc(C(=O)O)cc2)c2ccc(-c3ccc(N(c4ccc(C(=O)O)cc4)c4ccc(C(=O)O)cc4)cc3)cc2)cc1. The molecule has 9 nitrogen and oxygen atoms in total. The first-order chi connectivity index (χ1) is 24.1. The van der Waals surface area contributed by atoms with Crippen LogP contribution in [0.1, 0.15) is 36.6 Å². The Kier molecular flexibility index (Phi) is 9.13. The van der Waals surface area contributed by atoms with E-state index in [9.17, 15) is 34.8 Å². The molecule has 0 aliphatic heterocycles. The molecule has 6 rings (SSSR count). The van der Waals surface area contributed by atoms with Crippen molar-refractivity contribution in [3.8, 4) is 11.1 Å². The molecule has 0 aliphatic carbocycles. The van der Waals surface area contributed by atoms with Crippen LogP contribution in [0.3, 0.4) is 0 Å². The number of carboxylic acids is 3. The first kappa shape index (κ1) is 32.8. The van der Waals surface area contributed by atoms with Crippen LogP contribution >= 0.6 is 0 Å². The van der Waals surface area contributed by atoms with Gasteiger partial charge in [-0.2, -0.15) is 0 Å². The summed E-state index contributed by atoms with van der Waals surface area (Å²) in [7, 11) is 0. The van der Waals surface area contributed by atoms with Gasteiger partial charge in [-0.25, -0.2) is 14.4 Å². The summed E-state index contributed by atoms with van der Waals surface area (Å²) >= 11 is 0. The maximum Gasteiger partial charge on any atom is 0.335 e. The lowest BCUT2D eigenvalue weighted by Crippen LogP contribution is -2.11. The number of aliphatic hydroxyl groups is 1. The topological polar surface area (TPSA) is 139 Å². The molecular weight excluding hydrogens is 632 g/mol. The molecule has 4 N–H and O–H groups in total. The van der Waals surface area contributed by atoms with Gasteiger partial charge in [0, 0.05) is 39.7 Å². The summed E-state index contributed by atoms with van der Waals surface area (Å²) in [5.41, 5.74) is 7.47. The predicted octanol–water partition coefficient (Wildman–Crippen LogP) is 9.92. The van der Waals surface area contributed by atoms with Crippen molar-refractivity contribution in [3.63, 3.8) is 0 Å². The molecule has 0 aliphatic rings. The van der Waals surface area contributed by atoms with Crippen molar-refractivity contribution in [3.05, 3.63) is 174 Å². The molecule has 0 aromatic heterocycles. The van der Waals surface area contributed by atoms with Crippen LogP contribution in [0.5, 0.6) is 0 Å². The van der Waals surface area contributed by atoms with E-state index in [0.717, 1.165) is 33.9 Å².